The van der Waals surface area contributed by atoms with E-state index in [4.69, 9.17) is 4.74 Å². The third-order valence-electron chi connectivity index (χ3n) is 3.11. The highest BCUT2D eigenvalue weighted by Crippen LogP contribution is 2.30. The summed E-state index contributed by atoms with van der Waals surface area (Å²) in [6.45, 7) is 8.11. The molecule has 0 spiro atoms. The molecule has 1 fully saturated rings. The third-order valence-corrected chi connectivity index (χ3v) is 3.93. The van der Waals surface area contributed by atoms with E-state index < -0.39 is 0 Å². The van der Waals surface area contributed by atoms with Crippen molar-refractivity contribution in [2.45, 2.75) is 32.5 Å². The second-order valence-corrected chi connectivity index (χ2v) is 6.30. The smallest absolute Gasteiger partial charge is 0.140 e. The summed E-state index contributed by atoms with van der Waals surface area (Å²) in [5, 5.41) is 3.21. The first-order valence-corrected chi connectivity index (χ1v) is 7.04. The Morgan fingerprint density at radius 1 is 1.44 bits per heavy atom. The maximum absolute atomic E-state index is 5.94. The summed E-state index contributed by atoms with van der Waals surface area (Å²) >= 11 is 1.66. The largest absolute Gasteiger partial charge is 0.369 e. The Balaban J connectivity index is 2.01. The van der Waals surface area contributed by atoms with Crippen molar-refractivity contribution in [2.24, 2.45) is 0 Å². The van der Waals surface area contributed by atoms with E-state index in [-0.39, 0.29) is 11.7 Å². The van der Waals surface area contributed by atoms with Gasteiger partial charge in [-0.2, -0.15) is 0 Å². The SMILES string of the molecule is C[C@H]1CN(c2ncnc3sccc23)CC(C)(C)O1. The van der Waals surface area contributed by atoms with Gasteiger partial charge in [0.2, 0.25) is 0 Å². The molecule has 0 aliphatic carbocycles. The van der Waals surface area contributed by atoms with Crippen LogP contribution in [0.2, 0.25) is 0 Å². The van der Waals surface area contributed by atoms with Crippen LogP contribution in [0.3, 0.4) is 0 Å². The summed E-state index contributed by atoms with van der Waals surface area (Å²) in [6.07, 6.45) is 1.87. The van der Waals surface area contributed by atoms with Gasteiger partial charge < -0.3 is 9.64 Å². The lowest BCUT2D eigenvalue weighted by Gasteiger charge is -2.42. The fourth-order valence-electron chi connectivity index (χ4n) is 2.64. The van der Waals surface area contributed by atoms with E-state index in [0.717, 1.165) is 29.1 Å². The van der Waals surface area contributed by atoms with Crippen LogP contribution in [-0.2, 0) is 4.74 Å². The zero-order valence-corrected chi connectivity index (χ0v) is 11.7. The minimum atomic E-state index is -0.134. The van der Waals surface area contributed by atoms with Gasteiger partial charge in [0.05, 0.1) is 17.1 Å². The lowest BCUT2D eigenvalue weighted by molar-refractivity contribution is -0.0751. The number of nitrogens with zero attached hydrogens (tertiary/aromatic N) is 3. The minimum absolute atomic E-state index is 0.134. The molecule has 3 rings (SSSR count). The normalized spacial score (nSPS) is 23.5. The first kappa shape index (κ1) is 11.9. The molecule has 0 amide bonds. The van der Waals surface area contributed by atoms with Crippen molar-refractivity contribution in [1.29, 1.82) is 0 Å². The van der Waals surface area contributed by atoms with Crippen LogP contribution < -0.4 is 4.90 Å². The number of hydrogen-bond acceptors (Lipinski definition) is 5. The number of rotatable bonds is 1. The Kier molecular flexibility index (Phi) is 2.75. The summed E-state index contributed by atoms with van der Waals surface area (Å²) in [5.41, 5.74) is -0.134. The zero-order chi connectivity index (χ0) is 12.8. The van der Waals surface area contributed by atoms with E-state index in [1.165, 1.54) is 0 Å². The second kappa shape index (κ2) is 4.17. The van der Waals surface area contributed by atoms with Crippen LogP contribution in [0.5, 0.6) is 0 Å². The van der Waals surface area contributed by atoms with Gasteiger partial charge in [0, 0.05) is 13.1 Å². The molecule has 3 heterocycles. The van der Waals surface area contributed by atoms with E-state index >= 15 is 0 Å². The van der Waals surface area contributed by atoms with E-state index in [9.17, 15) is 0 Å². The fraction of sp³-hybridized carbons (Fsp3) is 0.538. The van der Waals surface area contributed by atoms with Crippen molar-refractivity contribution in [3.05, 3.63) is 17.8 Å². The lowest BCUT2D eigenvalue weighted by atomic mass is 10.1. The number of hydrogen-bond donors (Lipinski definition) is 0. The first-order valence-electron chi connectivity index (χ1n) is 6.16. The van der Waals surface area contributed by atoms with Gasteiger partial charge in [-0.05, 0) is 32.2 Å². The predicted molar refractivity (Wildman–Crippen MR) is 74.3 cm³/mol. The highest BCUT2D eigenvalue weighted by molar-refractivity contribution is 7.16. The number of anilines is 1. The molecule has 0 N–H and O–H groups in total. The van der Waals surface area contributed by atoms with E-state index in [1.807, 2.05) is 0 Å². The molecule has 1 aliphatic rings. The maximum atomic E-state index is 5.94. The Hall–Kier alpha value is -1.20. The third kappa shape index (κ3) is 2.08. The molecule has 0 bridgehead atoms. The van der Waals surface area contributed by atoms with Crippen LogP contribution in [0.1, 0.15) is 20.8 Å². The minimum Gasteiger partial charge on any atom is -0.369 e. The maximum Gasteiger partial charge on any atom is 0.140 e. The average Bonchev–Trinajstić information content (AvgIpc) is 2.73. The molecule has 18 heavy (non-hydrogen) atoms. The summed E-state index contributed by atoms with van der Waals surface area (Å²) in [6, 6.07) is 2.10. The molecule has 96 valence electrons. The highest BCUT2D eigenvalue weighted by Gasteiger charge is 2.32. The molecule has 1 saturated heterocycles. The van der Waals surface area contributed by atoms with Crippen molar-refractivity contribution in [3.8, 4) is 0 Å². The molecule has 1 aliphatic heterocycles. The van der Waals surface area contributed by atoms with Crippen LogP contribution in [0.25, 0.3) is 10.2 Å². The van der Waals surface area contributed by atoms with Crippen LogP contribution in [0.4, 0.5) is 5.82 Å². The van der Waals surface area contributed by atoms with Crippen LogP contribution in [0.15, 0.2) is 17.8 Å². The quantitative estimate of drug-likeness (QED) is 0.793. The number of morpholine rings is 1. The summed E-state index contributed by atoms with van der Waals surface area (Å²) in [7, 11) is 0. The molecule has 2 aromatic rings. The second-order valence-electron chi connectivity index (χ2n) is 5.41. The highest BCUT2D eigenvalue weighted by atomic mass is 32.1. The van der Waals surface area contributed by atoms with Gasteiger partial charge in [-0.1, -0.05) is 0 Å². The average molecular weight is 263 g/mol. The van der Waals surface area contributed by atoms with Gasteiger partial charge in [0.15, 0.2) is 0 Å². The molecule has 0 radical (unpaired) electrons. The Morgan fingerprint density at radius 2 is 2.28 bits per heavy atom. The molecule has 0 saturated carbocycles. The van der Waals surface area contributed by atoms with Crippen LogP contribution in [-0.4, -0.2) is 34.8 Å². The van der Waals surface area contributed by atoms with Crippen molar-refractivity contribution < 1.29 is 4.74 Å². The molecule has 1 atom stereocenters. The van der Waals surface area contributed by atoms with E-state index in [0.29, 0.717) is 0 Å². The standard InChI is InChI=1S/C13H17N3OS/c1-9-6-16(7-13(2,3)17-9)11-10-4-5-18-12(10)15-8-14-11/h4-5,8-9H,6-7H2,1-3H3/t9-/m0/s1. The van der Waals surface area contributed by atoms with Gasteiger partial charge in [-0.15, -0.1) is 11.3 Å². The van der Waals surface area contributed by atoms with E-state index in [1.54, 1.807) is 17.7 Å². The molecule has 4 nitrogen and oxygen atoms in total. The number of thiophene rings is 1. The van der Waals surface area contributed by atoms with Crippen molar-refractivity contribution in [2.75, 3.05) is 18.0 Å². The first-order chi connectivity index (χ1) is 8.55. The summed E-state index contributed by atoms with van der Waals surface area (Å²) < 4.78 is 5.94. The van der Waals surface area contributed by atoms with E-state index in [2.05, 4.69) is 47.1 Å². The van der Waals surface area contributed by atoms with Crippen molar-refractivity contribution in [3.63, 3.8) is 0 Å². The molecule has 2 aromatic heterocycles. The molecular weight excluding hydrogens is 246 g/mol. The molecular formula is C13H17N3OS. The predicted octanol–water partition coefficient (Wildman–Crippen LogP) is 2.70. The van der Waals surface area contributed by atoms with Crippen LogP contribution in [0, 0.1) is 0 Å². The number of fused-ring (bicyclic) bond motifs is 1. The van der Waals surface area contributed by atoms with Gasteiger partial charge >= 0.3 is 0 Å². The van der Waals surface area contributed by atoms with Crippen molar-refractivity contribution in [1.82, 2.24) is 9.97 Å². The molecule has 0 aromatic carbocycles. The molecule has 5 heteroatoms. The fourth-order valence-corrected chi connectivity index (χ4v) is 3.37. The zero-order valence-electron chi connectivity index (χ0n) is 10.9. The molecule has 0 unspecified atom stereocenters. The van der Waals surface area contributed by atoms with Crippen LogP contribution >= 0.6 is 11.3 Å². The number of aromatic nitrogens is 2. The summed E-state index contributed by atoms with van der Waals surface area (Å²) in [4.78, 5) is 12.1. The van der Waals surface area contributed by atoms with Gasteiger partial charge in [-0.25, -0.2) is 9.97 Å². The monoisotopic (exact) mass is 263 g/mol. The number of ether oxygens (including phenoxy) is 1. The van der Waals surface area contributed by atoms with Gasteiger partial charge in [0.1, 0.15) is 17.0 Å². The Bertz CT molecular complexity index is 566. The topological polar surface area (TPSA) is 38.2 Å². The van der Waals surface area contributed by atoms with Gasteiger partial charge in [0.25, 0.3) is 0 Å². The van der Waals surface area contributed by atoms with Gasteiger partial charge in [-0.3, -0.25) is 0 Å². The Morgan fingerprint density at radius 3 is 3.06 bits per heavy atom. The summed E-state index contributed by atoms with van der Waals surface area (Å²) in [5.74, 6) is 1.03. The lowest BCUT2D eigenvalue weighted by Crippen LogP contribution is -2.52. The van der Waals surface area contributed by atoms with Crippen molar-refractivity contribution >= 4 is 27.4 Å². The Labute approximate surface area is 111 Å².